The van der Waals surface area contributed by atoms with Crippen molar-refractivity contribution < 1.29 is 9.59 Å². The summed E-state index contributed by atoms with van der Waals surface area (Å²) in [5.41, 5.74) is 4.70. The fourth-order valence-corrected chi connectivity index (χ4v) is 2.09. The molecular formula is C6H12N2O2S2. The lowest BCUT2D eigenvalue weighted by Gasteiger charge is -1.99. The van der Waals surface area contributed by atoms with Crippen LogP contribution in [0, 0.1) is 0 Å². The predicted molar refractivity (Wildman–Crippen MR) is 52.3 cm³/mol. The zero-order valence-corrected chi connectivity index (χ0v) is 8.46. The van der Waals surface area contributed by atoms with Crippen molar-refractivity contribution in [2.45, 2.75) is 19.8 Å². The minimum Gasteiger partial charge on any atom is -0.361 e. The van der Waals surface area contributed by atoms with E-state index in [1.54, 1.807) is 0 Å². The Labute approximate surface area is 79.6 Å². The van der Waals surface area contributed by atoms with Crippen LogP contribution in [0.15, 0.2) is 0 Å². The standard InChI is InChI=1S/C6H12N2O2S2/c1-2-3-4-11-12-8-6(10)5(7)9/h2-4H2,1H3,(H2,7,9)(H,8,10). The smallest absolute Gasteiger partial charge is 0.319 e. The van der Waals surface area contributed by atoms with E-state index in [0.29, 0.717) is 0 Å². The highest BCUT2D eigenvalue weighted by Crippen LogP contribution is 2.18. The van der Waals surface area contributed by atoms with E-state index in [0.717, 1.165) is 29.6 Å². The van der Waals surface area contributed by atoms with E-state index >= 15 is 0 Å². The van der Waals surface area contributed by atoms with Gasteiger partial charge in [-0.2, -0.15) is 0 Å². The van der Waals surface area contributed by atoms with E-state index in [1.165, 1.54) is 10.8 Å². The molecule has 0 unspecified atom stereocenters. The molecule has 0 aliphatic heterocycles. The first-order valence-corrected chi connectivity index (χ1v) is 5.88. The van der Waals surface area contributed by atoms with Gasteiger partial charge in [0.15, 0.2) is 0 Å². The molecule has 0 radical (unpaired) electrons. The average molecular weight is 208 g/mol. The normalized spacial score (nSPS) is 9.42. The van der Waals surface area contributed by atoms with E-state index in [4.69, 9.17) is 5.73 Å². The summed E-state index contributed by atoms with van der Waals surface area (Å²) in [7, 11) is 2.65. The number of unbranched alkanes of at least 4 members (excludes halogenated alkanes) is 1. The number of carbonyl (C=O) groups excluding carboxylic acids is 2. The predicted octanol–water partition coefficient (Wildman–Crippen LogP) is 0.684. The van der Waals surface area contributed by atoms with Crippen LogP contribution < -0.4 is 10.5 Å². The Balaban J connectivity index is 3.20. The first kappa shape index (κ1) is 11.6. The minimum absolute atomic E-state index is 0.746. The van der Waals surface area contributed by atoms with Crippen molar-refractivity contribution >= 4 is 33.6 Å². The zero-order valence-electron chi connectivity index (χ0n) is 6.83. The first-order valence-electron chi connectivity index (χ1n) is 3.56. The Hall–Kier alpha value is -0.360. The Morgan fingerprint density at radius 2 is 2.17 bits per heavy atom. The third-order valence-electron chi connectivity index (χ3n) is 0.998. The van der Waals surface area contributed by atoms with Gasteiger partial charge in [0, 0.05) is 16.7 Å². The highest BCUT2D eigenvalue weighted by atomic mass is 33.1. The summed E-state index contributed by atoms with van der Waals surface area (Å²) in [6, 6.07) is 0. The van der Waals surface area contributed by atoms with Gasteiger partial charge in [0.25, 0.3) is 0 Å². The Morgan fingerprint density at radius 1 is 1.50 bits per heavy atom. The molecule has 0 saturated carbocycles. The largest absolute Gasteiger partial charge is 0.361 e. The summed E-state index contributed by atoms with van der Waals surface area (Å²) in [6.45, 7) is 2.09. The van der Waals surface area contributed by atoms with E-state index in [-0.39, 0.29) is 0 Å². The molecule has 0 heterocycles. The van der Waals surface area contributed by atoms with E-state index in [9.17, 15) is 9.59 Å². The maximum absolute atomic E-state index is 10.6. The Bertz CT molecular complexity index is 164. The van der Waals surface area contributed by atoms with Crippen LogP contribution in [0.5, 0.6) is 0 Å². The van der Waals surface area contributed by atoms with Crippen LogP contribution in [-0.2, 0) is 9.59 Å². The number of rotatable bonds is 5. The topological polar surface area (TPSA) is 72.2 Å². The van der Waals surface area contributed by atoms with Crippen LogP contribution >= 0.6 is 21.8 Å². The van der Waals surface area contributed by atoms with Crippen molar-refractivity contribution in [3.63, 3.8) is 0 Å². The molecule has 0 aliphatic rings. The van der Waals surface area contributed by atoms with Gasteiger partial charge in [0.2, 0.25) is 0 Å². The molecule has 0 spiro atoms. The van der Waals surface area contributed by atoms with Gasteiger partial charge in [-0.15, -0.1) is 0 Å². The number of amides is 2. The van der Waals surface area contributed by atoms with Crippen molar-refractivity contribution in [1.82, 2.24) is 4.72 Å². The number of nitrogens with one attached hydrogen (secondary N) is 1. The summed E-state index contributed by atoms with van der Waals surface area (Å²) in [4.78, 5) is 20.8. The third kappa shape index (κ3) is 6.36. The zero-order chi connectivity index (χ0) is 9.40. The van der Waals surface area contributed by atoms with Gasteiger partial charge in [0.1, 0.15) is 0 Å². The van der Waals surface area contributed by atoms with Crippen LogP contribution in [0.1, 0.15) is 19.8 Å². The summed E-state index contributed by atoms with van der Waals surface area (Å²) in [6.07, 6.45) is 2.22. The molecule has 0 fully saturated rings. The minimum atomic E-state index is -0.946. The van der Waals surface area contributed by atoms with Crippen LogP contribution in [0.25, 0.3) is 0 Å². The second kappa shape index (κ2) is 7.30. The second-order valence-corrected chi connectivity index (χ2v) is 4.28. The maximum Gasteiger partial charge on any atom is 0.319 e. The maximum atomic E-state index is 10.6. The molecular weight excluding hydrogens is 196 g/mol. The molecule has 4 nitrogen and oxygen atoms in total. The molecule has 0 saturated heterocycles. The number of nitrogens with two attached hydrogens (primary N) is 1. The third-order valence-corrected chi connectivity index (χ3v) is 2.94. The van der Waals surface area contributed by atoms with Gasteiger partial charge in [-0.25, -0.2) is 0 Å². The molecule has 70 valence electrons. The first-order chi connectivity index (χ1) is 5.68. The molecule has 0 aliphatic carbocycles. The highest BCUT2D eigenvalue weighted by Gasteiger charge is 2.06. The molecule has 0 rings (SSSR count). The van der Waals surface area contributed by atoms with Crippen LogP contribution in [0.4, 0.5) is 0 Å². The van der Waals surface area contributed by atoms with Gasteiger partial charge in [0.05, 0.1) is 0 Å². The summed E-state index contributed by atoms with van der Waals surface area (Å²) >= 11 is 0. The molecule has 2 amide bonds. The molecule has 0 aromatic heterocycles. The molecule has 0 atom stereocenters. The van der Waals surface area contributed by atoms with Crippen LogP contribution in [0.3, 0.4) is 0 Å². The fourth-order valence-electron chi connectivity index (χ4n) is 0.363. The molecule has 0 bridgehead atoms. The average Bonchev–Trinajstić information content (AvgIpc) is 2.03. The van der Waals surface area contributed by atoms with Crippen molar-refractivity contribution in [2.75, 3.05) is 5.75 Å². The fraction of sp³-hybridized carbons (Fsp3) is 0.667. The molecule has 0 aromatic rings. The van der Waals surface area contributed by atoms with Gasteiger partial charge >= 0.3 is 11.8 Å². The van der Waals surface area contributed by atoms with Crippen LogP contribution in [-0.4, -0.2) is 17.6 Å². The Kier molecular flexibility index (Phi) is 7.08. The highest BCUT2D eigenvalue weighted by molar-refractivity contribution is 8.76. The summed E-state index contributed by atoms with van der Waals surface area (Å²) in [5.74, 6) is -0.734. The summed E-state index contributed by atoms with van der Waals surface area (Å²) < 4.78 is 2.31. The van der Waals surface area contributed by atoms with Crippen molar-refractivity contribution in [2.24, 2.45) is 5.73 Å². The van der Waals surface area contributed by atoms with Gasteiger partial charge in [-0.05, 0) is 6.42 Å². The molecule has 3 N–H and O–H groups in total. The monoisotopic (exact) mass is 208 g/mol. The van der Waals surface area contributed by atoms with Gasteiger partial charge in [-0.1, -0.05) is 24.1 Å². The summed E-state index contributed by atoms with van der Waals surface area (Å²) in [5, 5.41) is 0. The van der Waals surface area contributed by atoms with E-state index in [2.05, 4.69) is 11.6 Å². The number of primary amides is 1. The molecule has 12 heavy (non-hydrogen) atoms. The van der Waals surface area contributed by atoms with Gasteiger partial charge in [-0.3, -0.25) is 14.3 Å². The van der Waals surface area contributed by atoms with Crippen LogP contribution in [0.2, 0.25) is 0 Å². The number of hydrogen-bond acceptors (Lipinski definition) is 4. The number of hydrogen-bond donors (Lipinski definition) is 2. The quantitative estimate of drug-likeness (QED) is 0.302. The SMILES string of the molecule is CCCCSSNC(=O)C(N)=O. The van der Waals surface area contributed by atoms with Crippen molar-refractivity contribution in [1.29, 1.82) is 0 Å². The van der Waals surface area contributed by atoms with E-state index in [1.807, 2.05) is 0 Å². The van der Waals surface area contributed by atoms with Crippen molar-refractivity contribution in [3.05, 3.63) is 0 Å². The number of carbonyl (C=O) groups is 2. The second-order valence-electron chi connectivity index (χ2n) is 2.05. The van der Waals surface area contributed by atoms with Crippen molar-refractivity contribution in [3.8, 4) is 0 Å². The van der Waals surface area contributed by atoms with E-state index < -0.39 is 11.8 Å². The van der Waals surface area contributed by atoms with Gasteiger partial charge < -0.3 is 5.73 Å². The molecule has 0 aromatic carbocycles. The lowest BCUT2D eigenvalue weighted by molar-refractivity contribution is -0.136. The lowest BCUT2D eigenvalue weighted by Crippen LogP contribution is -2.31. The molecule has 6 heteroatoms. The lowest BCUT2D eigenvalue weighted by atomic mass is 10.4. The Morgan fingerprint density at radius 3 is 2.67 bits per heavy atom.